The van der Waals surface area contributed by atoms with E-state index in [9.17, 15) is 0 Å². The van der Waals surface area contributed by atoms with Crippen LogP contribution < -0.4 is 5.73 Å². The molecule has 0 unspecified atom stereocenters. The largest absolute Gasteiger partial charge is 0.399 e. The standard InChI is InChI=1S/C14H9N3S/c15-8-10-1-6-14(11(7-10)9-16)18-13-4-2-12(17)3-5-13/h1-7H,17H2. The predicted molar refractivity (Wildman–Crippen MR) is 70.8 cm³/mol. The van der Waals surface area contributed by atoms with E-state index in [1.807, 2.05) is 30.3 Å². The van der Waals surface area contributed by atoms with E-state index in [4.69, 9.17) is 16.3 Å². The quantitative estimate of drug-likeness (QED) is 0.832. The number of nitrogens with zero attached hydrogens (tertiary/aromatic N) is 2. The Morgan fingerprint density at radius 3 is 2.28 bits per heavy atom. The minimum Gasteiger partial charge on any atom is -0.399 e. The SMILES string of the molecule is N#Cc1ccc(Sc2ccc(N)cc2)c(C#N)c1. The molecule has 0 saturated carbocycles. The lowest BCUT2D eigenvalue weighted by Crippen LogP contribution is -1.85. The topological polar surface area (TPSA) is 73.6 Å². The summed E-state index contributed by atoms with van der Waals surface area (Å²) >= 11 is 1.48. The van der Waals surface area contributed by atoms with Crippen LogP contribution in [-0.4, -0.2) is 0 Å². The summed E-state index contributed by atoms with van der Waals surface area (Å²) < 4.78 is 0. The van der Waals surface area contributed by atoms with E-state index in [1.165, 1.54) is 11.8 Å². The van der Waals surface area contributed by atoms with Gasteiger partial charge in [0.05, 0.1) is 17.2 Å². The Hall–Kier alpha value is -2.43. The Balaban J connectivity index is 2.32. The van der Waals surface area contributed by atoms with E-state index in [1.54, 1.807) is 18.2 Å². The summed E-state index contributed by atoms with van der Waals surface area (Å²) in [6.45, 7) is 0. The first kappa shape index (κ1) is 12.0. The van der Waals surface area contributed by atoms with Crippen molar-refractivity contribution in [3.05, 3.63) is 53.6 Å². The fourth-order valence-electron chi connectivity index (χ4n) is 1.44. The monoisotopic (exact) mass is 251 g/mol. The second kappa shape index (κ2) is 5.27. The zero-order chi connectivity index (χ0) is 13.0. The highest BCUT2D eigenvalue weighted by Crippen LogP contribution is 2.31. The average molecular weight is 251 g/mol. The molecule has 2 aromatic rings. The Labute approximate surface area is 109 Å². The minimum atomic E-state index is 0.494. The summed E-state index contributed by atoms with van der Waals surface area (Å²) in [6.07, 6.45) is 0. The van der Waals surface area contributed by atoms with Crippen LogP contribution in [-0.2, 0) is 0 Å². The minimum absolute atomic E-state index is 0.494. The number of rotatable bonds is 2. The molecule has 3 nitrogen and oxygen atoms in total. The molecule has 0 aliphatic carbocycles. The third kappa shape index (κ3) is 2.63. The molecular weight excluding hydrogens is 242 g/mol. The van der Waals surface area contributed by atoms with Crippen molar-refractivity contribution in [1.82, 2.24) is 0 Å². The summed E-state index contributed by atoms with van der Waals surface area (Å²) in [5.74, 6) is 0. The van der Waals surface area contributed by atoms with Gasteiger partial charge in [0.2, 0.25) is 0 Å². The molecule has 0 saturated heterocycles. The number of hydrogen-bond donors (Lipinski definition) is 1. The molecule has 86 valence electrons. The van der Waals surface area contributed by atoms with Gasteiger partial charge in [-0.25, -0.2) is 0 Å². The summed E-state index contributed by atoms with van der Waals surface area (Å²) in [6, 6.07) is 16.7. The van der Waals surface area contributed by atoms with Crippen molar-refractivity contribution in [2.24, 2.45) is 0 Å². The van der Waals surface area contributed by atoms with Gasteiger partial charge in [-0.15, -0.1) is 0 Å². The smallest absolute Gasteiger partial charge is 0.100 e. The van der Waals surface area contributed by atoms with Crippen LogP contribution in [0.5, 0.6) is 0 Å². The Morgan fingerprint density at radius 1 is 0.944 bits per heavy atom. The maximum atomic E-state index is 9.07. The fourth-order valence-corrected chi connectivity index (χ4v) is 2.32. The highest BCUT2D eigenvalue weighted by molar-refractivity contribution is 7.99. The molecule has 0 aliphatic heterocycles. The number of hydrogen-bond acceptors (Lipinski definition) is 4. The molecule has 0 spiro atoms. The van der Waals surface area contributed by atoms with E-state index in [0.29, 0.717) is 16.8 Å². The molecule has 2 N–H and O–H groups in total. The number of nitriles is 2. The van der Waals surface area contributed by atoms with Crippen LogP contribution in [0.1, 0.15) is 11.1 Å². The summed E-state index contributed by atoms with van der Waals surface area (Å²) in [5, 5.41) is 17.9. The normalized spacial score (nSPS) is 9.44. The molecule has 2 rings (SSSR count). The first-order valence-electron chi connectivity index (χ1n) is 5.20. The fraction of sp³-hybridized carbons (Fsp3) is 0. The van der Waals surface area contributed by atoms with Crippen molar-refractivity contribution in [2.75, 3.05) is 5.73 Å². The van der Waals surface area contributed by atoms with Gasteiger partial charge in [-0.3, -0.25) is 0 Å². The van der Waals surface area contributed by atoms with Crippen molar-refractivity contribution in [3.63, 3.8) is 0 Å². The molecule has 0 heterocycles. The van der Waals surface area contributed by atoms with Crippen LogP contribution in [0.2, 0.25) is 0 Å². The summed E-state index contributed by atoms with van der Waals surface area (Å²) in [7, 11) is 0. The summed E-state index contributed by atoms with van der Waals surface area (Å²) in [4.78, 5) is 1.84. The van der Waals surface area contributed by atoms with E-state index in [-0.39, 0.29) is 0 Å². The first-order valence-corrected chi connectivity index (χ1v) is 6.02. The van der Waals surface area contributed by atoms with E-state index >= 15 is 0 Å². The van der Waals surface area contributed by atoms with Crippen LogP contribution in [0.4, 0.5) is 5.69 Å². The third-order valence-electron chi connectivity index (χ3n) is 2.34. The van der Waals surface area contributed by atoms with Crippen LogP contribution in [0.3, 0.4) is 0 Å². The lowest BCUT2D eigenvalue weighted by atomic mass is 10.1. The van der Waals surface area contributed by atoms with Gasteiger partial charge < -0.3 is 5.73 Å². The van der Waals surface area contributed by atoms with Gasteiger partial charge in [-0.1, -0.05) is 11.8 Å². The maximum absolute atomic E-state index is 9.07. The third-order valence-corrected chi connectivity index (χ3v) is 3.42. The molecule has 0 fully saturated rings. The lowest BCUT2D eigenvalue weighted by Gasteiger charge is -2.04. The van der Waals surface area contributed by atoms with Crippen molar-refractivity contribution in [3.8, 4) is 12.1 Å². The van der Waals surface area contributed by atoms with Crippen molar-refractivity contribution in [2.45, 2.75) is 9.79 Å². The van der Waals surface area contributed by atoms with Crippen LogP contribution in [0.25, 0.3) is 0 Å². The van der Waals surface area contributed by atoms with Gasteiger partial charge in [0.1, 0.15) is 6.07 Å². The van der Waals surface area contributed by atoms with E-state index < -0.39 is 0 Å². The van der Waals surface area contributed by atoms with Gasteiger partial charge in [-0.2, -0.15) is 10.5 Å². The Bertz CT molecular complexity index is 648. The van der Waals surface area contributed by atoms with Gasteiger partial charge in [0.15, 0.2) is 0 Å². The molecule has 0 aliphatic rings. The van der Waals surface area contributed by atoms with Crippen LogP contribution in [0, 0.1) is 22.7 Å². The second-order valence-corrected chi connectivity index (χ2v) is 4.72. The van der Waals surface area contributed by atoms with Gasteiger partial charge in [-0.05, 0) is 42.5 Å². The maximum Gasteiger partial charge on any atom is 0.100 e. The number of nitrogen functional groups attached to an aromatic ring is 1. The van der Waals surface area contributed by atoms with Crippen molar-refractivity contribution in [1.29, 1.82) is 10.5 Å². The Morgan fingerprint density at radius 2 is 1.67 bits per heavy atom. The van der Waals surface area contributed by atoms with E-state index in [0.717, 1.165) is 9.79 Å². The molecule has 18 heavy (non-hydrogen) atoms. The molecule has 0 aromatic heterocycles. The van der Waals surface area contributed by atoms with Crippen molar-refractivity contribution >= 4 is 17.4 Å². The number of anilines is 1. The van der Waals surface area contributed by atoms with Crippen LogP contribution >= 0.6 is 11.8 Å². The number of benzene rings is 2. The molecule has 2 aromatic carbocycles. The summed E-state index contributed by atoms with van der Waals surface area (Å²) in [5.41, 5.74) is 7.33. The van der Waals surface area contributed by atoms with Crippen LogP contribution in [0.15, 0.2) is 52.3 Å². The molecular formula is C14H9N3S. The van der Waals surface area contributed by atoms with Gasteiger partial charge in [0.25, 0.3) is 0 Å². The van der Waals surface area contributed by atoms with E-state index in [2.05, 4.69) is 6.07 Å². The molecule has 0 bridgehead atoms. The number of nitrogens with two attached hydrogens (primary N) is 1. The molecule has 0 atom stereocenters. The van der Waals surface area contributed by atoms with Gasteiger partial charge >= 0.3 is 0 Å². The first-order chi connectivity index (χ1) is 8.72. The zero-order valence-electron chi connectivity index (χ0n) is 9.42. The predicted octanol–water partition coefficient (Wildman–Crippen LogP) is 3.16. The Kier molecular flexibility index (Phi) is 3.52. The second-order valence-electron chi connectivity index (χ2n) is 3.61. The average Bonchev–Trinajstić information content (AvgIpc) is 2.41. The lowest BCUT2D eigenvalue weighted by molar-refractivity contribution is 1.33. The van der Waals surface area contributed by atoms with Crippen molar-refractivity contribution < 1.29 is 0 Å². The molecule has 4 heteroatoms. The zero-order valence-corrected chi connectivity index (χ0v) is 10.2. The highest BCUT2D eigenvalue weighted by atomic mass is 32.2. The van der Waals surface area contributed by atoms with Gasteiger partial charge in [0, 0.05) is 15.5 Å². The molecule has 0 amide bonds. The highest BCUT2D eigenvalue weighted by Gasteiger charge is 2.05. The molecule has 0 radical (unpaired) electrons.